The van der Waals surface area contributed by atoms with Crippen LogP contribution in [0.1, 0.15) is 43.5 Å². The molecule has 4 rings (SSSR count). The summed E-state index contributed by atoms with van der Waals surface area (Å²) in [6, 6.07) is 24.2. The molecule has 1 aromatic heterocycles. The lowest BCUT2D eigenvalue weighted by molar-refractivity contribution is -0.118. The Kier molecular flexibility index (Phi) is 8.61. The maximum Gasteiger partial charge on any atom is 0.268 e. The first-order chi connectivity index (χ1) is 18.4. The van der Waals surface area contributed by atoms with Crippen LogP contribution in [0.4, 0.5) is 0 Å². The Morgan fingerprint density at radius 3 is 2.29 bits per heavy atom. The highest BCUT2D eigenvalue weighted by Gasteiger charge is 2.23. The van der Waals surface area contributed by atoms with Gasteiger partial charge in [0.05, 0.1) is 20.3 Å². The van der Waals surface area contributed by atoms with Crippen LogP contribution < -0.4 is 20.1 Å². The minimum atomic E-state index is -0.438. The number of thiophene rings is 1. The molecule has 0 saturated heterocycles. The standard InChI is InChI=1S/C31H30N2O4S/c1-20-12-14-25(21(2)17-20)29(22-9-6-5-7-10-22)33-31(35)26(19-24-11-8-16-38-24)32-30(34)23-13-15-27(36-3)28(18-23)37-4/h5-19,29H,1-4H3,(H,32,34)(H,33,35)/b26-19-/t29-/m0/s1. The van der Waals surface area contributed by atoms with Crippen LogP contribution >= 0.6 is 11.3 Å². The van der Waals surface area contributed by atoms with Gasteiger partial charge in [0.1, 0.15) is 5.70 Å². The summed E-state index contributed by atoms with van der Waals surface area (Å²) in [5.74, 6) is 0.0930. The smallest absolute Gasteiger partial charge is 0.268 e. The van der Waals surface area contributed by atoms with Gasteiger partial charge in [-0.2, -0.15) is 0 Å². The van der Waals surface area contributed by atoms with E-state index in [1.165, 1.54) is 25.6 Å². The lowest BCUT2D eigenvalue weighted by atomic mass is 9.93. The second-order valence-corrected chi connectivity index (χ2v) is 9.75. The van der Waals surface area contributed by atoms with E-state index in [9.17, 15) is 9.59 Å². The summed E-state index contributed by atoms with van der Waals surface area (Å²) in [6.45, 7) is 4.07. The Morgan fingerprint density at radius 1 is 0.868 bits per heavy atom. The van der Waals surface area contributed by atoms with E-state index in [0.29, 0.717) is 17.1 Å². The molecule has 194 valence electrons. The Bertz CT molecular complexity index is 1450. The first kappa shape index (κ1) is 26.7. The van der Waals surface area contributed by atoms with Crippen LogP contribution in [0.2, 0.25) is 0 Å². The highest BCUT2D eigenvalue weighted by atomic mass is 32.1. The van der Waals surface area contributed by atoms with E-state index in [0.717, 1.165) is 27.1 Å². The molecule has 1 atom stereocenters. The fourth-order valence-corrected chi connectivity index (χ4v) is 4.85. The van der Waals surface area contributed by atoms with Crippen molar-refractivity contribution in [2.45, 2.75) is 19.9 Å². The van der Waals surface area contributed by atoms with Crippen LogP contribution in [0.5, 0.6) is 11.5 Å². The Hall–Kier alpha value is -4.36. The molecule has 0 aliphatic rings. The first-order valence-electron chi connectivity index (χ1n) is 12.1. The third kappa shape index (κ3) is 6.30. The molecule has 0 bridgehead atoms. The fraction of sp³-hybridized carbons (Fsp3) is 0.161. The van der Waals surface area contributed by atoms with Crippen molar-refractivity contribution in [2.24, 2.45) is 0 Å². The zero-order valence-corrected chi connectivity index (χ0v) is 22.6. The van der Waals surface area contributed by atoms with Gasteiger partial charge >= 0.3 is 0 Å². The average molecular weight is 527 g/mol. The number of hydrogen-bond donors (Lipinski definition) is 2. The molecule has 4 aromatic rings. The van der Waals surface area contributed by atoms with Crippen LogP contribution in [0, 0.1) is 13.8 Å². The van der Waals surface area contributed by atoms with Crippen LogP contribution in [0.15, 0.2) is 89.9 Å². The van der Waals surface area contributed by atoms with Gasteiger partial charge in [-0.1, -0.05) is 60.2 Å². The molecule has 0 radical (unpaired) electrons. The van der Waals surface area contributed by atoms with E-state index in [4.69, 9.17) is 9.47 Å². The van der Waals surface area contributed by atoms with E-state index in [1.54, 1.807) is 24.3 Å². The van der Waals surface area contributed by atoms with Crippen LogP contribution in [-0.2, 0) is 4.79 Å². The molecule has 0 aliphatic heterocycles. The molecule has 0 spiro atoms. The maximum absolute atomic E-state index is 13.8. The van der Waals surface area contributed by atoms with Crippen molar-refractivity contribution in [1.29, 1.82) is 0 Å². The molecular weight excluding hydrogens is 496 g/mol. The van der Waals surface area contributed by atoms with E-state index >= 15 is 0 Å². The van der Waals surface area contributed by atoms with Gasteiger partial charge in [-0.25, -0.2) is 0 Å². The summed E-state index contributed by atoms with van der Waals surface area (Å²) in [5.41, 5.74) is 4.60. The largest absolute Gasteiger partial charge is 0.493 e. The van der Waals surface area contributed by atoms with Crippen molar-refractivity contribution in [2.75, 3.05) is 14.2 Å². The third-order valence-electron chi connectivity index (χ3n) is 6.11. The lowest BCUT2D eigenvalue weighted by Gasteiger charge is -2.23. The summed E-state index contributed by atoms with van der Waals surface area (Å²) >= 11 is 1.47. The van der Waals surface area contributed by atoms with Crippen LogP contribution in [0.3, 0.4) is 0 Å². The molecule has 0 saturated carbocycles. The van der Waals surface area contributed by atoms with Crippen molar-refractivity contribution in [3.05, 3.63) is 123 Å². The molecule has 0 aliphatic carbocycles. The number of carbonyl (C=O) groups is 2. The number of benzene rings is 3. The number of carbonyl (C=O) groups excluding carboxylic acids is 2. The summed E-state index contributed by atoms with van der Waals surface area (Å²) in [7, 11) is 3.04. The second-order valence-electron chi connectivity index (χ2n) is 8.77. The van der Waals surface area contributed by atoms with Gasteiger partial charge in [0.15, 0.2) is 11.5 Å². The topological polar surface area (TPSA) is 76.7 Å². The minimum Gasteiger partial charge on any atom is -0.493 e. The van der Waals surface area contributed by atoms with Gasteiger partial charge < -0.3 is 20.1 Å². The highest BCUT2D eigenvalue weighted by molar-refractivity contribution is 7.10. The number of nitrogens with one attached hydrogen (secondary N) is 2. The number of hydrogen-bond acceptors (Lipinski definition) is 5. The number of methoxy groups -OCH3 is 2. The monoisotopic (exact) mass is 526 g/mol. The normalized spacial score (nSPS) is 11.9. The van der Waals surface area contributed by atoms with Crippen molar-refractivity contribution < 1.29 is 19.1 Å². The molecular formula is C31H30N2O4S. The van der Waals surface area contributed by atoms with E-state index in [2.05, 4.69) is 16.7 Å². The number of aryl methyl sites for hydroxylation is 2. The summed E-state index contributed by atoms with van der Waals surface area (Å²) in [6.07, 6.45) is 1.68. The van der Waals surface area contributed by atoms with Gasteiger partial charge in [-0.15, -0.1) is 11.3 Å². The number of ether oxygens (including phenoxy) is 2. The van der Waals surface area contributed by atoms with Crippen LogP contribution in [0.25, 0.3) is 6.08 Å². The van der Waals surface area contributed by atoms with Crippen molar-refractivity contribution in [1.82, 2.24) is 10.6 Å². The molecule has 2 N–H and O–H groups in total. The Morgan fingerprint density at radius 2 is 1.63 bits per heavy atom. The molecule has 1 heterocycles. The van der Waals surface area contributed by atoms with Gasteiger partial charge in [0.25, 0.3) is 11.8 Å². The summed E-state index contributed by atoms with van der Waals surface area (Å²) < 4.78 is 10.6. The van der Waals surface area contributed by atoms with Crippen molar-refractivity contribution in [3.63, 3.8) is 0 Å². The van der Waals surface area contributed by atoms with Gasteiger partial charge in [-0.05, 0) is 66.3 Å². The molecule has 0 fully saturated rings. The van der Waals surface area contributed by atoms with Crippen LogP contribution in [-0.4, -0.2) is 26.0 Å². The number of amides is 2. The van der Waals surface area contributed by atoms with E-state index in [1.807, 2.05) is 73.8 Å². The van der Waals surface area contributed by atoms with E-state index < -0.39 is 17.9 Å². The quantitative estimate of drug-likeness (QED) is 0.260. The molecule has 6 nitrogen and oxygen atoms in total. The third-order valence-corrected chi connectivity index (χ3v) is 6.93. The molecule has 7 heteroatoms. The lowest BCUT2D eigenvalue weighted by Crippen LogP contribution is -2.37. The fourth-order valence-electron chi connectivity index (χ4n) is 4.19. The summed E-state index contributed by atoms with van der Waals surface area (Å²) in [4.78, 5) is 27.8. The highest BCUT2D eigenvalue weighted by Crippen LogP contribution is 2.28. The van der Waals surface area contributed by atoms with Gasteiger partial charge in [0, 0.05) is 10.4 Å². The predicted molar refractivity (Wildman–Crippen MR) is 152 cm³/mol. The van der Waals surface area contributed by atoms with Gasteiger partial charge in [0.2, 0.25) is 0 Å². The summed E-state index contributed by atoms with van der Waals surface area (Å²) in [5, 5.41) is 7.89. The van der Waals surface area contributed by atoms with E-state index in [-0.39, 0.29) is 5.70 Å². The Labute approximate surface area is 226 Å². The second kappa shape index (κ2) is 12.3. The zero-order chi connectivity index (χ0) is 27.1. The number of rotatable bonds is 9. The average Bonchev–Trinajstić information content (AvgIpc) is 3.45. The zero-order valence-electron chi connectivity index (χ0n) is 21.8. The molecule has 2 amide bonds. The molecule has 3 aromatic carbocycles. The molecule has 38 heavy (non-hydrogen) atoms. The maximum atomic E-state index is 13.8. The van der Waals surface area contributed by atoms with Gasteiger partial charge in [-0.3, -0.25) is 9.59 Å². The minimum absolute atomic E-state index is 0.137. The predicted octanol–water partition coefficient (Wildman–Crippen LogP) is 6.06. The first-order valence-corrected chi connectivity index (χ1v) is 13.0. The molecule has 0 unspecified atom stereocenters. The van der Waals surface area contributed by atoms with Crippen molar-refractivity contribution in [3.8, 4) is 11.5 Å². The SMILES string of the molecule is COc1ccc(C(=O)N/C(=C\c2cccs2)C(=O)N[C@@H](c2ccccc2)c2ccc(C)cc2C)cc1OC. The Balaban J connectivity index is 1.68. The van der Waals surface area contributed by atoms with Crippen molar-refractivity contribution >= 4 is 29.2 Å².